The largest absolute Gasteiger partial charge is 0.484 e. The minimum atomic E-state index is -0.280. The molecule has 94 valence electrons. The van der Waals surface area contributed by atoms with Crippen molar-refractivity contribution < 1.29 is 14.4 Å². The first-order valence-electron chi connectivity index (χ1n) is 5.77. The highest BCUT2D eigenvalue weighted by atomic mass is 16.7. The predicted octanol–water partition coefficient (Wildman–Crippen LogP) is 2.16. The molecule has 0 fully saturated rings. The fourth-order valence-electron chi connectivity index (χ4n) is 1.12. The van der Waals surface area contributed by atoms with Crippen LogP contribution in [0.2, 0.25) is 0 Å². The van der Waals surface area contributed by atoms with Crippen LogP contribution in [0.4, 0.5) is 0 Å². The normalized spacial score (nSPS) is 10.3. The van der Waals surface area contributed by atoms with Crippen molar-refractivity contribution >= 4 is 5.91 Å². The van der Waals surface area contributed by atoms with Gasteiger partial charge in [-0.05, 0) is 24.5 Å². The van der Waals surface area contributed by atoms with Crippen molar-refractivity contribution in [1.82, 2.24) is 5.48 Å². The van der Waals surface area contributed by atoms with Gasteiger partial charge in [-0.15, -0.1) is 0 Å². The zero-order valence-corrected chi connectivity index (χ0v) is 10.3. The fourth-order valence-corrected chi connectivity index (χ4v) is 1.12. The van der Waals surface area contributed by atoms with E-state index in [1.807, 2.05) is 18.2 Å². The second-order valence-electron chi connectivity index (χ2n) is 4.16. The van der Waals surface area contributed by atoms with E-state index < -0.39 is 0 Å². The SMILES string of the molecule is CC(C)CCONC(=O)COc1ccccc1. The van der Waals surface area contributed by atoms with Gasteiger partial charge in [-0.3, -0.25) is 9.63 Å². The van der Waals surface area contributed by atoms with Gasteiger partial charge in [0.1, 0.15) is 5.75 Å². The molecule has 4 heteroatoms. The van der Waals surface area contributed by atoms with Crippen LogP contribution in [-0.4, -0.2) is 19.1 Å². The quantitative estimate of drug-likeness (QED) is 0.584. The highest BCUT2D eigenvalue weighted by Gasteiger charge is 2.02. The molecule has 1 aromatic carbocycles. The van der Waals surface area contributed by atoms with Crippen LogP contribution in [0.5, 0.6) is 5.75 Å². The molecule has 0 bridgehead atoms. The van der Waals surface area contributed by atoms with Crippen molar-refractivity contribution in [2.75, 3.05) is 13.2 Å². The Hall–Kier alpha value is -1.55. The third kappa shape index (κ3) is 6.58. The summed E-state index contributed by atoms with van der Waals surface area (Å²) in [5, 5.41) is 0. The summed E-state index contributed by atoms with van der Waals surface area (Å²) in [6, 6.07) is 9.19. The summed E-state index contributed by atoms with van der Waals surface area (Å²) in [5.74, 6) is 0.954. The van der Waals surface area contributed by atoms with Gasteiger partial charge in [-0.25, -0.2) is 5.48 Å². The number of hydrogen-bond donors (Lipinski definition) is 1. The van der Waals surface area contributed by atoms with Crippen molar-refractivity contribution in [1.29, 1.82) is 0 Å². The van der Waals surface area contributed by atoms with Crippen LogP contribution >= 0.6 is 0 Å². The van der Waals surface area contributed by atoms with Crippen LogP contribution < -0.4 is 10.2 Å². The predicted molar refractivity (Wildman–Crippen MR) is 65.5 cm³/mol. The standard InChI is InChI=1S/C13H19NO3/c1-11(2)8-9-17-14-13(15)10-16-12-6-4-3-5-7-12/h3-7,11H,8-10H2,1-2H3,(H,14,15). The van der Waals surface area contributed by atoms with Crippen LogP contribution in [0.3, 0.4) is 0 Å². The van der Waals surface area contributed by atoms with E-state index in [-0.39, 0.29) is 12.5 Å². The molecule has 1 rings (SSSR count). The molecule has 0 saturated carbocycles. The molecule has 0 heterocycles. The third-order valence-electron chi connectivity index (χ3n) is 2.10. The lowest BCUT2D eigenvalue weighted by atomic mass is 10.1. The molecule has 1 amide bonds. The average Bonchev–Trinajstić information content (AvgIpc) is 2.33. The van der Waals surface area contributed by atoms with Gasteiger partial charge in [0.25, 0.3) is 5.91 Å². The number of benzene rings is 1. The highest BCUT2D eigenvalue weighted by Crippen LogP contribution is 2.07. The topological polar surface area (TPSA) is 47.6 Å². The lowest BCUT2D eigenvalue weighted by molar-refractivity contribution is -0.135. The van der Waals surface area contributed by atoms with Gasteiger partial charge in [0, 0.05) is 0 Å². The number of rotatable bonds is 7. The third-order valence-corrected chi connectivity index (χ3v) is 2.10. The monoisotopic (exact) mass is 237 g/mol. The van der Waals surface area contributed by atoms with Crippen molar-refractivity contribution in [2.45, 2.75) is 20.3 Å². The van der Waals surface area contributed by atoms with E-state index in [1.54, 1.807) is 12.1 Å². The van der Waals surface area contributed by atoms with Crippen molar-refractivity contribution in [3.05, 3.63) is 30.3 Å². The number of para-hydroxylation sites is 1. The summed E-state index contributed by atoms with van der Waals surface area (Å²) in [4.78, 5) is 16.3. The van der Waals surface area contributed by atoms with Crippen LogP contribution in [0.25, 0.3) is 0 Å². The summed E-state index contributed by atoms with van der Waals surface area (Å²) >= 11 is 0. The van der Waals surface area contributed by atoms with E-state index in [0.717, 1.165) is 6.42 Å². The molecule has 0 spiro atoms. The molecule has 0 atom stereocenters. The van der Waals surface area contributed by atoms with Crippen LogP contribution in [0, 0.1) is 5.92 Å². The first-order valence-corrected chi connectivity index (χ1v) is 5.77. The maximum Gasteiger partial charge on any atom is 0.281 e. The van der Waals surface area contributed by atoms with E-state index in [9.17, 15) is 4.79 Å². The molecule has 17 heavy (non-hydrogen) atoms. The van der Waals surface area contributed by atoms with Gasteiger partial charge in [0.05, 0.1) is 6.61 Å². The second-order valence-corrected chi connectivity index (χ2v) is 4.16. The van der Waals surface area contributed by atoms with E-state index in [1.165, 1.54) is 0 Å². The van der Waals surface area contributed by atoms with Gasteiger partial charge < -0.3 is 4.74 Å². The molecule has 1 N–H and O–H groups in total. The molecule has 4 nitrogen and oxygen atoms in total. The Morgan fingerprint density at radius 2 is 2.00 bits per heavy atom. The lowest BCUT2D eigenvalue weighted by Gasteiger charge is -2.08. The van der Waals surface area contributed by atoms with Gasteiger partial charge >= 0.3 is 0 Å². The minimum absolute atomic E-state index is 0.0360. The number of ether oxygens (including phenoxy) is 1. The summed E-state index contributed by atoms with van der Waals surface area (Å²) < 4.78 is 5.25. The summed E-state index contributed by atoms with van der Waals surface area (Å²) in [6.07, 6.45) is 0.916. The van der Waals surface area contributed by atoms with Gasteiger partial charge in [-0.1, -0.05) is 32.0 Å². The first-order chi connectivity index (χ1) is 8.18. The number of nitrogens with one attached hydrogen (secondary N) is 1. The Balaban J connectivity index is 2.09. The van der Waals surface area contributed by atoms with Crippen LogP contribution in [-0.2, 0) is 9.63 Å². The molecular formula is C13H19NO3. The number of amides is 1. The Morgan fingerprint density at radius 3 is 2.65 bits per heavy atom. The van der Waals surface area contributed by atoms with Gasteiger partial charge in [0.2, 0.25) is 0 Å². The van der Waals surface area contributed by atoms with Gasteiger partial charge in [0.15, 0.2) is 6.61 Å². The number of carbonyl (C=O) groups is 1. The second kappa shape index (κ2) is 7.68. The van der Waals surface area contributed by atoms with E-state index in [4.69, 9.17) is 9.57 Å². The molecule has 0 unspecified atom stereocenters. The van der Waals surface area contributed by atoms with Crippen LogP contribution in [0.1, 0.15) is 20.3 Å². The zero-order chi connectivity index (χ0) is 12.5. The first kappa shape index (κ1) is 13.5. The molecule has 0 aliphatic rings. The van der Waals surface area contributed by atoms with Crippen molar-refractivity contribution in [3.8, 4) is 5.75 Å². The average molecular weight is 237 g/mol. The fraction of sp³-hybridized carbons (Fsp3) is 0.462. The molecule has 0 aromatic heterocycles. The van der Waals surface area contributed by atoms with Crippen LogP contribution in [0.15, 0.2) is 30.3 Å². The Kier molecular flexibility index (Phi) is 6.10. The Labute approximate surface area is 102 Å². The van der Waals surface area contributed by atoms with E-state index in [2.05, 4.69) is 19.3 Å². The Morgan fingerprint density at radius 1 is 1.29 bits per heavy atom. The minimum Gasteiger partial charge on any atom is -0.484 e. The van der Waals surface area contributed by atoms with Crippen molar-refractivity contribution in [3.63, 3.8) is 0 Å². The molecule has 0 aliphatic heterocycles. The van der Waals surface area contributed by atoms with Gasteiger partial charge in [-0.2, -0.15) is 0 Å². The summed E-state index contributed by atoms with van der Waals surface area (Å²) in [5.41, 5.74) is 2.34. The number of carbonyl (C=O) groups excluding carboxylic acids is 1. The molecule has 0 aliphatic carbocycles. The Bertz CT molecular complexity index is 325. The molecule has 1 aromatic rings. The lowest BCUT2D eigenvalue weighted by Crippen LogP contribution is -2.29. The summed E-state index contributed by atoms with van der Waals surface area (Å²) in [7, 11) is 0. The smallest absolute Gasteiger partial charge is 0.281 e. The number of hydrogen-bond acceptors (Lipinski definition) is 3. The maximum atomic E-state index is 11.3. The number of hydroxylamine groups is 1. The van der Waals surface area contributed by atoms with E-state index >= 15 is 0 Å². The highest BCUT2D eigenvalue weighted by molar-refractivity contribution is 5.76. The molecular weight excluding hydrogens is 218 g/mol. The maximum absolute atomic E-state index is 11.3. The summed E-state index contributed by atoms with van der Waals surface area (Å²) in [6.45, 7) is 4.69. The zero-order valence-electron chi connectivity index (χ0n) is 10.3. The molecule has 0 radical (unpaired) electrons. The molecule has 0 saturated heterocycles. The van der Waals surface area contributed by atoms with E-state index in [0.29, 0.717) is 18.3 Å². The van der Waals surface area contributed by atoms with Crippen molar-refractivity contribution in [2.24, 2.45) is 5.92 Å².